The molecule has 78 heavy (non-hydrogen) atoms. The maximum atomic E-state index is 13.8. The van der Waals surface area contributed by atoms with E-state index in [1.165, 1.54) is 36.4 Å². The number of halogens is 5. The summed E-state index contributed by atoms with van der Waals surface area (Å²) in [6.07, 6.45) is -3.07. The lowest BCUT2D eigenvalue weighted by Gasteiger charge is -2.48. The molecule has 6 atom stereocenters. The van der Waals surface area contributed by atoms with Crippen LogP contribution in [0.1, 0.15) is 82.0 Å². The molecule has 0 aliphatic carbocycles. The molecule has 1 saturated heterocycles. The number of amides is 3. The molecule has 3 heterocycles. The summed E-state index contributed by atoms with van der Waals surface area (Å²) >= 11 is 0. The van der Waals surface area contributed by atoms with Gasteiger partial charge in [-0.2, -0.15) is 13.2 Å². The van der Waals surface area contributed by atoms with Crippen LogP contribution in [0.5, 0.6) is 0 Å². The molecule has 0 spiro atoms. The number of ether oxygens (including phenoxy) is 2. The minimum Gasteiger partial charge on any atom is -0.475 e. The second-order valence-corrected chi connectivity index (χ2v) is 18.0. The lowest BCUT2D eigenvalue weighted by Crippen LogP contribution is -2.55. The lowest BCUT2D eigenvalue weighted by molar-refractivity contribution is -0.192. The third-order valence-electron chi connectivity index (χ3n) is 12.9. The average Bonchev–Trinajstić information content (AvgIpc) is 3.51. The fourth-order valence-electron chi connectivity index (χ4n) is 9.08. The number of nitrogen functional groups attached to an aromatic ring is 1. The standard InChI is InChI=1S/C56H54F2N6O7.C2HF3O2/c57-40-21-19-37(20-22-40)48(65)28-27-45-53(64(56(45)69)42-25-23-41(58)24-26-42)38-17-15-36(16-18-38)33-62-49(66)34-70-31-32-71-35-50(67)63-46-13-5-4-11-43(46)51(44-12-8-30-61-55(44)59)52(47-14-6-7-29-60-47)54(68)39-9-2-1-3-10-39;3-2(4,5)1(6)7/h1-26,29-30,45,48,51-54,65,68H,27-28,31-35H2,(H2,59,61)(H,62,66)(H,63,67);(H,6,7). The molecule has 20 heteroatoms. The van der Waals surface area contributed by atoms with Crippen LogP contribution in [-0.2, 0) is 35.2 Å². The summed E-state index contributed by atoms with van der Waals surface area (Å²) in [7, 11) is 0. The fourth-order valence-corrected chi connectivity index (χ4v) is 9.08. The topological polar surface area (TPSA) is 227 Å². The molecule has 1 aliphatic rings. The highest BCUT2D eigenvalue weighted by Gasteiger charge is 2.48. The number of anilines is 3. The number of benzene rings is 5. The summed E-state index contributed by atoms with van der Waals surface area (Å²) in [5.74, 6) is -5.96. The molecule has 2 aromatic heterocycles. The number of nitrogens with one attached hydrogen (secondary N) is 2. The minimum atomic E-state index is -5.08. The summed E-state index contributed by atoms with van der Waals surface area (Å²) in [4.78, 5) is 59.2. The molecule has 3 amide bonds. The maximum Gasteiger partial charge on any atom is 0.490 e. The lowest BCUT2D eigenvalue weighted by atomic mass is 9.74. The number of carbonyl (C=O) groups excluding carboxylic acids is 3. The van der Waals surface area contributed by atoms with E-state index in [2.05, 4.69) is 20.6 Å². The highest BCUT2D eigenvalue weighted by Crippen LogP contribution is 2.49. The Morgan fingerprint density at radius 2 is 1.28 bits per heavy atom. The summed E-state index contributed by atoms with van der Waals surface area (Å²) in [5.41, 5.74) is 12.4. The molecule has 5 aromatic carbocycles. The van der Waals surface area contributed by atoms with Crippen LogP contribution in [0.3, 0.4) is 0 Å². The first-order valence-electron chi connectivity index (χ1n) is 24.6. The second-order valence-electron chi connectivity index (χ2n) is 18.0. The Morgan fingerprint density at radius 1 is 0.692 bits per heavy atom. The Bertz CT molecular complexity index is 3090. The number of β-lactam (4-membered cyclic amide) rings is 1. The number of rotatable bonds is 22. The Kier molecular flexibility index (Phi) is 19.9. The molecule has 1 aliphatic heterocycles. The zero-order chi connectivity index (χ0) is 55.8. The van der Waals surface area contributed by atoms with Gasteiger partial charge in [-0.3, -0.25) is 19.4 Å². The fraction of sp³-hybridized carbons (Fsp3) is 0.241. The molecule has 8 rings (SSSR count). The van der Waals surface area contributed by atoms with E-state index < -0.39 is 59.6 Å². The van der Waals surface area contributed by atoms with Crippen molar-refractivity contribution in [2.24, 2.45) is 5.92 Å². The van der Waals surface area contributed by atoms with Gasteiger partial charge in [-0.25, -0.2) is 18.6 Å². The molecular weight excluding hydrogens is 1020 g/mol. The number of hydrogen-bond acceptors (Lipinski definition) is 11. The first-order valence-corrected chi connectivity index (χ1v) is 24.6. The normalized spacial score (nSPS) is 15.6. The van der Waals surface area contributed by atoms with Gasteiger partial charge in [-0.05, 0) is 101 Å². The van der Waals surface area contributed by atoms with Gasteiger partial charge in [0.05, 0.1) is 37.4 Å². The van der Waals surface area contributed by atoms with Crippen LogP contribution >= 0.6 is 0 Å². The predicted molar refractivity (Wildman–Crippen MR) is 278 cm³/mol. The molecule has 0 saturated carbocycles. The number of nitrogens with two attached hydrogens (primary N) is 1. The van der Waals surface area contributed by atoms with E-state index in [-0.39, 0.29) is 63.1 Å². The molecule has 7 N–H and O–H groups in total. The van der Waals surface area contributed by atoms with Crippen LogP contribution in [0.4, 0.5) is 39.1 Å². The van der Waals surface area contributed by atoms with E-state index in [4.69, 9.17) is 25.1 Å². The van der Waals surface area contributed by atoms with Crippen LogP contribution in [0, 0.1) is 17.6 Å². The maximum absolute atomic E-state index is 13.8. The monoisotopic (exact) mass is 1070 g/mol. The van der Waals surface area contributed by atoms with Crippen molar-refractivity contribution in [1.29, 1.82) is 0 Å². The first kappa shape index (κ1) is 57.3. The van der Waals surface area contributed by atoms with Crippen LogP contribution in [0.15, 0.2) is 170 Å². The number of nitrogens with zero attached hydrogens (tertiary/aromatic N) is 3. The predicted octanol–water partition coefficient (Wildman–Crippen LogP) is 9.13. The Morgan fingerprint density at radius 3 is 1.91 bits per heavy atom. The van der Waals surface area contributed by atoms with Crippen molar-refractivity contribution in [2.75, 3.05) is 42.4 Å². The van der Waals surface area contributed by atoms with Gasteiger partial charge in [0.25, 0.3) is 0 Å². The van der Waals surface area contributed by atoms with Crippen LogP contribution in [0.25, 0.3) is 0 Å². The van der Waals surface area contributed by atoms with Crippen molar-refractivity contribution in [3.05, 3.63) is 221 Å². The molecule has 406 valence electrons. The van der Waals surface area contributed by atoms with Gasteiger partial charge in [0, 0.05) is 53.4 Å². The molecule has 1 fully saturated rings. The quantitative estimate of drug-likeness (QED) is 0.0212. The van der Waals surface area contributed by atoms with Gasteiger partial charge in [0.1, 0.15) is 30.7 Å². The number of aliphatic hydroxyl groups excluding tert-OH is 2. The van der Waals surface area contributed by atoms with Crippen molar-refractivity contribution >= 4 is 40.9 Å². The van der Waals surface area contributed by atoms with Gasteiger partial charge < -0.3 is 46.1 Å². The first-order chi connectivity index (χ1) is 37.5. The largest absolute Gasteiger partial charge is 0.490 e. The number of aliphatic carboxylic acids is 1. The SMILES string of the molecule is Nc1ncccc1C(c1ccccc1NC(=O)COCCOCC(=O)NCc1ccc(C2C(CCC(O)c3ccc(F)cc3)C(=O)N2c2ccc(F)cc2)cc1)C(c1ccccn1)C(O)c1ccccc1.O=C(O)C(F)(F)F. The Balaban J connectivity index is 0.00000118. The van der Waals surface area contributed by atoms with E-state index in [1.54, 1.807) is 53.7 Å². The molecule has 15 nitrogen and oxygen atoms in total. The molecule has 6 unspecified atom stereocenters. The molecule has 7 aromatic rings. The van der Waals surface area contributed by atoms with Crippen molar-refractivity contribution in [1.82, 2.24) is 15.3 Å². The number of carboxylic acids is 1. The number of aromatic nitrogens is 2. The van der Waals surface area contributed by atoms with Crippen molar-refractivity contribution in [3.8, 4) is 0 Å². The number of hydrogen-bond donors (Lipinski definition) is 6. The highest BCUT2D eigenvalue weighted by molar-refractivity contribution is 6.03. The number of alkyl halides is 3. The van der Waals surface area contributed by atoms with Crippen molar-refractivity contribution in [2.45, 2.75) is 55.6 Å². The minimum absolute atomic E-state index is 0.0362. The third kappa shape index (κ3) is 15.2. The summed E-state index contributed by atoms with van der Waals surface area (Å²) in [6.45, 7) is -0.250. The number of aliphatic hydroxyl groups is 2. The Hall–Kier alpha value is -8.43. The summed E-state index contributed by atoms with van der Waals surface area (Å²) in [5, 5.41) is 35.8. The van der Waals surface area contributed by atoms with Crippen molar-refractivity contribution in [3.63, 3.8) is 0 Å². The average molecular weight is 1080 g/mol. The van der Waals surface area contributed by atoms with Crippen LogP contribution < -0.4 is 21.3 Å². The van der Waals surface area contributed by atoms with Crippen molar-refractivity contribution < 1.29 is 65.9 Å². The van der Waals surface area contributed by atoms with E-state index >= 15 is 0 Å². The highest BCUT2D eigenvalue weighted by atomic mass is 19.4. The zero-order valence-corrected chi connectivity index (χ0v) is 41.7. The van der Waals surface area contributed by atoms with Crippen LogP contribution in [-0.4, -0.2) is 81.6 Å². The third-order valence-corrected chi connectivity index (χ3v) is 12.9. The second kappa shape index (κ2) is 27.1. The van der Waals surface area contributed by atoms with Gasteiger partial charge in [-0.15, -0.1) is 0 Å². The molecule has 0 bridgehead atoms. The van der Waals surface area contributed by atoms with Gasteiger partial charge in [0.15, 0.2) is 0 Å². The van der Waals surface area contributed by atoms with Crippen LogP contribution in [0.2, 0.25) is 0 Å². The van der Waals surface area contributed by atoms with Gasteiger partial charge >= 0.3 is 12.1 Å². The van der Waals surface area contributed by atoms with E-state index in [0.29, 0.717) is 45.7 Å². The summed E-state index contributed by atoms with van der Waals surface area (Å²) < 4.78 is 70.2. The number of para-hydroxylation sites is 1. The van der Waals surface area contributed by atoms with Gasteiger partial charge in [0.2, 0.25) is 17.7 Å². The van der Waals surface area contributed by atoms with Gasteiger partial charge in [-0.1, -0.05) is 97.1 Å². The zero-order valence-electron chi connectivity index (χ0n) is 41.7. The number of pyridine rings is 2. The van der Waals surface area contributed by atoms with E-state index in [0.717, 1.165) is 11.1 Å². The molecule has 0 radical (unpaired) electrons. The number of carbonyl (C=O) groups is 4. The number of carboxylic acid groups (broad SMARTS) is 1. The Labute approximate surface area is 445 Å². The summed E-state index contributed by atoms with van der Waals surface area (Å²) in [6, 6.07) is 44.2. The van der Waals surface area contributed by atoms with E-state index in [9.17, 15) is 46.5 Å². The smallest absolute Gasteiger partial charge is 0.475 e. The van der Waals surface area contributed by atoms with E-state index in [1.807, 2.05) is 84.9 Å². The molecular formula is C58H55F5N6O9.